The molecule has 1 aromatic rings. The first-order valence-electron chi connectivity index (χ1n) is 7.15. The van der Waals surface area contributed by atoms with Gasteiger partial charge in [-0.25, -0.2) is 0 Å². The van der Waals surface area contributed by atoms with Crippen LogP contribution in [-0.4, -0.2) is 5.78 Å². The maximum absolute atomic E-state index is 12.9. The van der Waals surface area contributed by atoms with E-state index < -0.39 is 5.92 Å². The average molecular weight is 334 g/mol. The molecular formula is C17H20BrNO. The molecule has 3 heteroatoms. The Hall–Kier alpha value is -1.14. The maximum atomic E-state index is 12.9. The van der Waals surface area contributed by atoms with Crippen molar-refractivity contribution in [2.45, 2.75) is 45.4 Å². The summed E-state index contributed by atoms with van der Waals surface area (Å²) in [6.07, 6.45) is 4.25. The van der Waals surface area contributed by atoms with Crippen LogP contribution in [0.5, 0.6) is 0 Å². The van der Waals surface area contributed by atoms with Gasteiger partial charge in [-0.1, -0.05) is 60.8 Å². The van der Waals surface area contributed by atoms with E-state index in [2.05, 4.69) is 35.8 Å². The average Bonchev–Trinajstić information content (AvgIpc) is 2.41. The Bertz CT molecular complexity index is 544. The number of carbonyl (C=O) groups is 1. The van der Waals surface area contributed by atoms with Gasteiger partial charge in [0.05, 0.1) is 6.07 Å². The summed E-state index contributed by atoms with van der Waals surface area (Å²) in [5.41, 5.74) is 0.799. The van der Waals surface area contributed by atoms with Crippen molar-refractivity contribution in [3.05, 3.63) is 34.3 Å². The monoisotopic (exact) mass is 333 g/mol. The molecule has 2 rings (SSSR count). The Labute approximate surface area is 129 Å². The van der Waals surface area contributed by atoms with Crippen LogP contribution in [-0.2, 0) is 4.79 Å². The third-order valence-electron chi connectivity index (χ3n) is 4.48. The van der Waals surface area contributed by atoms with Crippen molar-refractivity contribution in [2.24, 2.45) is 11.3 Å². The zero-order chi connectivity index (χ0) is 14.8. The van der Waals surface area contributed by atoms with Crippen molar-refractivity contribution in [3.63, 3.8) is 0 Å². The zero-order valence-corrected chi connectivity index (χ0v) is 13.6. The second-order valence-electron chi connectivity index (χ2n) is 6.27. The van der Waals surface area contributed by atoms with Crippen molar-refractivity contribution in [2.75, 3.05) is 0 Å². The van der Waals surface area contributed by atoms with E-state index >= 15 is 0 Å². The predicted molar refractivity (Wildman–Crippen MR) is 83.2 cm³/mol. The lowest BCUT2D eigenvalue weighted by Gasteiger charge is -2.38. The fourth-order valence-electron chi connectivity index (χ4n) is 3.22. The van der Waals surface area contributed by atoms with Gasteiger partial charge < -0.3 is 0 Å². The highest BCUT2D eigenvalue weighted by Gasteiger charge is 2.40. The zero-order valence-electron chi connectivity index (χ0n) is 12.0. The minimum Gasteiger partial charge on any atom is -0.298 e. The SMILES string of the molecule is CC1(C)CCCCC1C(=O)C(C#N)c1ccccc1Br. The Kier molecular flexibility index (Phi) is 4.65. The summed E-state index contributed by atoms with van der Waals surface area (Å²) in [4.78, 5) is 12.9. The summed E-state index contributed by atoms with van der Waals surface area (Å²) in [6.45, 7) is 4.31. The number of rotatable bonds is 3. The summed E-state index contributed by atoms with van der Waals surface area (Å²) in [6, 6.07) is 9.75. The van der Waals surface area contributed by atoms with E-state index in [1.165, 1.54) is 6.42 Å². The fourth-order valence-corrected chi connectivity index (χ4v) is 3.73. The second kappa shape index (κ2) is 6.10. The molecule has 106 valence electrons. The molecule has 2 nitrogen and oxygen atoms in total. The molecule has 0 aromatic heterocycles. The number of carbonyl (C=O) groups excluding carboxylic acids is 1. The van der Waals surface area contributed by atoms with Crippen molar-refractivity contribution < 1.29 is 4.79 Å². The van der Waals surface area contributed by atoms with Gasteiger partial charge in [-0.15, -0.1) is 0 Å². The molecule has 1 fully saturated rings. The molecule has 0 radical (unpaired) electrons. The lowest BCUT2D eigenvalue weighted by atomic mass is 9.65. The van der Waals surface area contributed by atoms with E-state index in [1.807, 2.05) is 24.3 Å². The normalized spacial score (nSPS) is 22.8. The number of ketones is 1. The van der Waals surface area contributed by atoms with Gasteiger partial charge in [0, 0.05) is 10.4 Å². The topological polar surface area (TPSA) is 40.9 Å². The second-order valence-corrected chi connectivity index (χ2v) is 7.13. The first-order chi connectivity index (χ1) is 9.47. The lowest BCUT2D eigenvalue weighted by molar-refractivity contribution is -0.128. The predicted octanol–water partition coefficient (Wildman–Crippen LogP) is 4.84. The van der Waals surface area contributed by atoms with Gasteiger partial charge in [0.2, 0.25) is 0 Å². The highest BCUT2D eigenvalue weighted by atomic mass is 79.9. The highest BCUT2D eigenvalue weighted by molar-refractivity contribution is 9.10. The first-order valence-corrected chi connectivity index (χ1v) is 7.94. The van der Waals surface area contributed by atoms with Crippen LogP contribution in [0, 0.1) is 22.7 Å². The molecule has 0 N–H and O–H groups in total. The fraction of sp³-hybridized carbons (Fsp3) is 0.529. The van der Waals surface area contributed by atoms with Crippen LogP contribution >= 0.6 is 15.9 Å². The van der Waals surface area contributed by atoms with Crippen LogP contribution < -0.4 is 0 Å². The summed E-state index contributed by atoms with van der Waals surface area (Å²) in [7, 11) is 0. The molecule has 0 amide bonds. The van der Waals surface area contributed by atoms with Gasteiger partial charge in [0.1, 0.15) is 5.92 Å². The van der Waals surface area contributed by atoms with Crippen LogP contribution in [0.15, 0.2) is 28.7 Å². The summed E-state index contributed by atoms with van der Waals surface area (Å²) in [5.74, 6) is -0.579. The van der Waals surface area contributed by atoms with E-state index in [9.17, 15) is 10.1 Å². The number of hydrogen-bond acceptors (Lipinski definition) is 2. The molecular weight excluding hydrogens is 314 g/mol. The number of benzene rings is 1. The Morgan fingerprint density at radius 3 is 2.70 bits per heavy atom. The summed E-state index contributed by atoms with van der Waals surface area (Å²) in [5, 5.41) is 9.48. The Morgan fingerprint density at radius 1 is 1.40 bits per heavy atom. The minimum absolute atomic E-state index is 0.00564. The van der Waals surface area contributed by atoms with E-state index in [-0.39, 0.29) is 17.1 Å². The lowest BCUT2D eigenvalue weighted by Crippen LogP contribution is -2.36. The molecule has 1 saturated carbocycles. The Balaban J connectivity index is 2.31. The van der Waals surface area contributed by atoms with Gasteiger partial charge in [-0.05, 0) is 29.9 Å². The summed E-state index contributed by atoms with van der Waals surface area (Å²) >= 11 is 3.46. The highest BCUT2D eigenvalue weighted by Crippen LogP contribution is 2.43. The van der Waals surface area contributed by atoms with E-state index in [4.69, 9.17) is 0 Å². The number of Topliss-reactive ketones (excluding diaryl/α,β-unsaturated/α-hetero) is 1. The number of halogens is 1. The molecule has 0 heterocycles. The van der Waals surface area contributed by atoms with Crippen LogP contribution in [0.1, 0.15) is 51.0 Å². The van der Waals surface area contributed by atoms with Crippen LogP contribution in [0.25, 0.3) is 0 Å². The molecule has 2 unspecified atom stereocenters. The summed E-state index contributed by atoms with van der Waals surface area (Å²) < 4.78 is 0.841. The molecule has 1 aromatic carbocycles. The van der Waals surface area contributed by atoms with Crippen molar-refractivity contribution in [1.29, 1.82) is 5.26 Å². The van der Waals surface area contributed by atoms with Gasteiger partial charge in [-0.3, -0.25) is 4.79 Å². The molecule has 20 heavy (non-hydrogen) atoms. The quantitative estimate of drug-likeness (QED) is 0.793. The minimum atomic E-state index is -0.659. The number of nitriles is 1. The molecule has 2 atom stereocenters. The number of nitrogens with zero attached hydrogens (tertiary/aromatic N) is 1. The standard InChI is InChI=1S/C17H20BrNO/c1-17(2)10-6-5-8-14(17)16(20)13(11-19)12-7-3-4-9-15(12)18/h3-4,7,9,13-14H,5-6,8,10H2,1-2H3. The van der Waals surface area contributed by atoms with Crippen molar-refractivity contribution in [1.82, 2.24) is 0 Å². The van der Waals surface area contributed by atoms with Crippen molar-refractivity contribution in [3.8, 4) is 6.07 Å². The Morgan fingerprint density at radius 2 is 2.10 bits per heavy atom. The van der Waals surface area contributed by atoms with Gasteiger partial charge in [-0.2, -0.15) is 5.26 Å². The largest absolute Gasteiger partial charge is 0.298 e. The van der Waals surface area contributed by atoms with Gasteiger partial charge in [0.25, 0.3) is 0 Å². The van der Waals surface area contributed by atoms with Gasteiger partial charge in [0.15, 0.2) is 5.78 Å². The van der Waals surface area contributed by atoms with Crippen LogP contribution in [0.3, 0.4) is 0 Å². The van der Waals surface area contributed by atoms with Crippen LogP contribution in [0.2, 0.25) is 0 Å². The molecule has 0 spiro atoms. The third kappa shape index (κ3) is 2.96. The van der Waals surface area contributed by atoms with E-state index in [0.717, 1.165) is 29.3 Å². The third-order valence-corrected chi connectivity index (χ3v) is 5.20. The van der Waals surface area contributed by atoms with E-state index in [0.29, 0.717) is 0 Å². The number of hydrogen-bond donors (Lipinski definition) is 0. The molecule has 0 bridgehead atoms. The smallest absolute Gasteiger partial charge is 0.158 e. The molecule has 0 aliphatic heterocycles. The maximum Gasteiger partial charge on any atom is 0.158 e. The first kappa shape index (κ1) is 15.3. The van der Waals surface area contributed by atoms with E-state index in [1.54, 1.807) is 0 Å². The van der Waals surface area contributed by atoms with Crippen LogP contribution in [0.4, 0.5) is 0 Å². The molecule has 1 aliphatic rings. The molecule has 1 aliphatic carbocycles. The van der Waals surface area contributed by atoms with Crippen molar-refractivity contribution >= 4 is 21.7 Å². The molecule has 0 saturated heterocycles. The van der Waals surface area contributed by atoms with Gasteiger partial charge >= 0.3 is 0 Å².